The van der Waals surface area contributed by atoms with E-state index >= 15 is 0 Å². The first kappa shape index (κ1) is 12.2. The Balaban J connectivity index is 1.83. The van der Waals surface area contributed by atoms with Crippen molar-refractivity contribution in [2.24, 2.45) is 0 Å². The minimum Gasteiger partial charge on any atom is -0.449 e. The van der Waals surface area contributed by atoms with Crippen molar-refractivity contribution in [2.75, 3.05) is 13.2 Å². The molecular formula is C16H17NO3. The summed E-state index contributed by atoms with van der Waals surface area (Å²) in [7, 11) is 0. The van der Waals surface area contributed by atoms with Crippen LogP contribution in [0.4, 0.5) is 0 Å². The molecule has 1 aliphatic carbocycles. The van der Waals surface area contributed by atoms with E-state index in [-0.39, 0.29) is 12.6 Å². The zero-order chi connectivity index (χ0) is 13.7. The second-order valence-corrected chi connectivity index (χ2v) is 5.93. The highest BCUT2D eigenvalue weighted by Gasteiger charge is 2.61. The van der Waals surface area contributed by atoms with E-state index in [1.807, 2.05) is 0 Å². The topological polar surface area (TPSA) is 49.8 Å². The maximum absolute atomic E-state index is 11.8. The maximum atomic E-state index is 11.8. The first-order chi connectivity index (χ1) is 9.74. The van der Waals surface area contributed by atoms with Crippen LogP contribution < -0.4 is 0 Å². The highest BCUT2D eigenvalue weighted by Crippen LogP contribution is 2.53. The van der Waals surface area contributed by atoms with Gasteiger partial charge < -0.3 is 9.84 Å². The lowest BCUT2D eigenvalue weighted by Gasteiger charge is -2.38. The first-order valence-corrected chi connectivity index (χ1v) is 7.27. The fourth-order valence-electron chi connectivity index (χ4n) is 4.31. The minimum absolute atomic E-state index is 0.162. The molecule has 1 spiro atoms. The molecule has 0 aromatic rings. The third kappa shape index (κ3) is 1.48. The van der Waals surface area contributed by atoms with E-state index in [4.69, 9.17) is 9.84 Å². The molecule has 0 saturated carbocycles. The summed E-state index contributed by atoms with van der Waals surface area (Å²) in [5.74, 6) is 5.46. The molecule has 4 nitrogen and oxygen atoms in total. The molecule has 4 aliphatic rings. The number of aliphatic hydroxyl groups is 1. The van der Waals surface area contributed by atoms with Crippen LogP contribution in [0.15, 0.2) is 23.3 Å². The van der Waals surface area contributed by atoms with Crippen molar-refractivity contribution in [3.63, 3.8) is 0 Å². The van der Waals surface area contributed by atoms with Gasteiger partial charge in [0.25, 0.3) is 0 Å². The predicted molar refractivity (Wildman–Crippen MR) is 72.6 cm³/mol. The molecule has 0 radical (unpaired) electrons. The summed E-state index contributed by atoms with van der Waals surface area (Å²) < 4.78 is 5.78. The van der Waals surface area contributed by atoms with E-state index in [2.05, 4.69) is 22.8 Å². The Morgan fingerprint density at radius 1 is 1.50 bits per heavy atom. The number of carbonyl (C=O) groups excluding carboxylic acids is 1. The molecule has 0 amide bonds. The highest BCUT2D eigenvalue weighted by molar-refractivity contribution is 5.90. The molecule has 4 rings (SSSR count). The summed E-state index contributed by atoms with van der Waals surface area (Å²) in [6.07, 6.45) is 8.10. The average Bonchev–Trinajstić information content (AvgIpc) is 2.93. The quantitative estimate of drug-likeness (QED) is 0.522. The Morgan fingerprint density at radius 3 is 3.25 bits per heavy atom. The Kier molecular flexibility index (Phi) is 2.57. The second kappa shape index (κ2) is 4.21. The van der Waals surface area contributed by atoms with Gasteiger partial charge in [0.1, 0.15) is 6.61 Å². The lowest BCUT2D eigenvalue weighted by molar-refractivity contribution is -0.148. The first-order valence-electron chi connectivity index (χ1n) is 7.27. The molecule has 2 bridgehead atoms. The molecule has 0 aromatic heterocycles. The standard InChI is InChI=1S/C16H17NO3/c18-7-3-4-11-8-12-10-16(13(11)9-15(19)20-16)14-5-1-2-6-17(12)14/h8-9,12,14,18H,1-2,5-7,10H2/t12-,14-,16+/m1/s1. The van der Waals surface area contributed by atoms with Gasteiger partial charge in [-0.1, -0.05) is 24.3 Å². The fourth-order valence-corrected chi connectivity index (χ4v) is 4.31. The van der Waals surface area contributed by atoms with Crippen molar-refractivity contribution < 1.29 is 14.6 Å². The van der Waals surface area contributed by atoms with Crippen molar-refractivity contribution in [2.45, 2.75) is 43.4 Å². The van der Waals surface area contributed by atoms with Crippen LogP contribution in [-0.2, 0) is 9.53 Å². The molecule has 3 heterocycles. The van der Waals surface area contributed by atoms with Gasteiger partial charge >= 0.3 is 5.97 Å². The molecule has 1 N–H and O–H groups in total. The Hall–Kier alpha value is -1.57. The van der Waals surface area contributed by atoms with Crippen molar-refractivity contribution in [3.8, 4) is 11.8 Å². The second-order valence-electron chi connectivity index (χ2n) is 5.93. The Bertz CT molecular complexity index is 595. The number of piperidine rings is 1. The monoisotopic (exact) mass is 271 g/mol. The van der Waals surface area contributed by atoms with Crippen molar-refractivity contribution in [3.05, 3.63) is 23.3 Å². The van der Waals surface area contributed by atoms with Crippen LogP contribution in [0.5, 0.6) is 0 Å². The molecule has 104 valence electrons. The van der Waals surface area contributed by atoms with Gasteiger partial charge in [0.15, 0.2) is 5.60 Å². The van der Waals surface area contributed by atoms with Crippen LogP contribution in [0.1, 0.15) is 25.7 Å². The number of esters is 1. The van der Waals surface area contributed by atoms with Gasteiger partial charge in [-0.2, -0.15) is 0 Å². The number of fused-ring (bicyclic) bond motifs is 3. The van der Waals surface area contributed by atoms with E-state index in [0.29, 0.717) is 12.1 Å². The fraction of sp³-hybridized carbons (Fsp3) is 0.562. The van der Waals surface area contributed by atoms with Crippen molar-refractivity contribution in [1.29, 1.82) is 0 Å². The lowest BCUT2D eigenvalue weighted by Crippen LogP contribution is -2.48. The third-order valence-corrected chi connectivity index (χ3v) is 4.97. The maximum Gasteiger partial charge on any atom is 0.332 e. The summed E-state index contributed by atoms with van der Waals surface area (Å²) in [5, 5.41) is 8.91. The number of carbonyl (C=O) groups is 1. The van der Waals surface area contributed by atoms with Gasteiger partial charge in [0, 0.05) is 29.7 Å². The van der Waals surface area contributed by atoms with E-state index in [0.717, 1.165) is 30.5 Å². The largest absolute Gasteiger partial charge is 0.449 e. The zero-order valence-electron chi connectivity index (χ0n) is 11.3. The molecule has 0 unspecified atom stereocenters. The van der Waals surface area contributed by atoms with Crippen LogP contribution in [0.2, 0.25) is 0 Å². The van der Waals surface area contributed by atoms with E-state index in [1.165, 1.54) is 12.8 Å². The molecule has 20 heavy (non-hydrogen) atoms. The normalized spacial score (nSPS) is 38.1. The predicted octanol–water partition coefficient (Wildman–Crippen LogP) is 0.771. The van der Waals surface area contributed by atoms with Crippen LogP contribution in [-0.4, -0.2) is 46.8 Å². The van der Waals surface area contributed by atoms with Gasteiger partial charge in [0.05, 0.1) is 6.04 Å². The zero-order valence-corrected chi connectivity index (χ0v) is 11.3. The number of hydrogen-bond donors (Lipinski definition) is 1. The van der Waals surface area contributed by atoms with Crippen LogP contribution >= 0.6 is 0 Å². The lowest BCUT2D eigenvalue weighted by atomic mass is 9.77. The molecule has 0 aromatic carbocycles. The van der Waals surface area contributed by atoms with Crippen molar-refractivity contribution in [1.82, 2.24) is 4.90 Å². The van der Waals surface area contributed by atoms with Crippen LogP contribution in [0.3, 0.4) is 0 Å². The van der Waals surface area contributed by atoms with Gasteiger partial charge in [0.2, 0.25) is 0 Å². The summed E-state index contributed by atoms with van der Waals surface area (Å²) >= 11 is 0. The molecule has 2 saturated heterocycles. The molecule has 3 aliphatic heterocycles. The Labute approximate surface area is 118 Å². The third-order valence-electron chi connectivity index (χ3n) is 4.97. The summed E-state index contributed by atoms with van der Waals surface area (Å²) in [6.45, 7) is 0.906. The van der Waals surface area contributed by atoms with Crippen LogP contribution in [0, 0.1) is 11.8 Å². The summed E-state index contributed by atoms with van der Waals surface area (Å²) in [5.41, 5.74) is 1.33. The highest BCUT2D eigenvalue weighted by atomic mass is 16.6. The van der Waals surface area contributed by atoms with E-state index < -0.39 is 5.60 Å². The van der Waals surface area contributed by atoms with Crippen molar-refractivity contribution >= 4 is 5.97 Å². The number of nitrogens with zero attached hydrogens (tertiary/aromatic N) is 1. The van der Waals surface area contributed by atoms with Gasteiger partial charge in [-0.15, -0.1) is 0 Å². The van der Waals surface area contributed by atoms with E-state index in [9.17, 15) is 4.79 Å². The van der Waals surface area contributed by atoms with E-state index in [1.54, 1.807) is 6.08 Å². The minimum atomic E-state index is -0.476. The number of hydrogen-bond acceptors (Lipinski definition) is 4. The average molecular weight is 271 g/mol. The smallest absolute Gasteiger partial charge is 0.332 e. The summed E-state index contributed by atoms with van der Waals surface area (Å²) in [4.78, 5) is 14.3. The van der Waals surface area contributed by atoms with Gasteiger partial charge in [-0.3, -0.25) is 4.90 Å². The molecule has 4 heteroatoms. The summed E-state index contributed by atoms with van der Waals surface area (Å²) in [6, 6.07) is 0.606. The van der Waals surface area contributed by atoms with Gasteiger partial charge in [-0.05, 0) is 19.4 Å². The molecule has 2 fully saturated rings. The SMILES string of the molecule is O=C1C=C2C(C#CCO)=C[C@@H]3C[C@@]2(O1)[C@H]1CCCCN31. The number of rotatable bonds is 0. The van der Waals surface area contributed by atoms with Crippen LogP contribution in [0.25, 0.3) is 0 Å². The molecular weight excluding hydrogens is 254 g/mol. The van der Waals surface area contributed by atoms with Gasteiger partial charge in [-0.25, -0.2) is 4.79 Å². The number of ether oxygens (including phenoxy) is 1. The Morgan fingerprint density at radius 2 is 2.40 bits per heavy atom. The number of aliphatic hydroxyl groups excluding tert-OH is 1. The molecule has 3 atom stereocenters.